The van der Waals surface area contributed by atoms with E-state index in [0.29, 0.717) is 5.69 Å². The van der Waals surface area contributed by atoms with Gasteiger partial charge in [-0.05, 0) is 18.2 Å². The molecule has 12 heavy (non-hydrogen) atoms. The molecule has 0 atom stereocenters. The van der Waals surface area contributed by atoms with Crippen molar-refractivity contribution in [3.63, 3.8) is 0 Å². The van der Waals surface area contributed by atoms with Gasteiger partial charge < -0.3 is 5.73 Å². The molecule has 0 heterocycles. The molecule has 4 heteroatoms. The van der Waals surface area contributed by atoms with E-state index in [2.05, 4.69) is 0 Å². The second-order valence-corrected chi connectivity index (χ2v) is 2.63. The molecule has 0 amide bonds. The Bertz CT molecular complexity index is 336. The van der Waals surface area contributed by atoms with Crippen molar-refractivity contribution in [2.75, 3.05) is 5.73 Å². The number of benzene rings is 1. The molecule has 0 bridgehead atoms. The largest absolute Gasteiger partial charge is 0.399 e. The Kier molecular flexibility index (Phi) is 2.45. The van der Waals surface area contributed by atoms with Crippen molar-refractivity contribution in [1.29, 1.82) is 0 Å². The summed E-state index contributed by atoms with van der Waals surface area (Å²) in [6, 6.07) is 4.37. The van der Waals surface area contributed by atoms with Gasteiger partial charge in [0.25, 0.3) is 0 Å². The van der Waals surface area contributed by atoms with Gasteiger partial charge >= 0.3 is 0 Å². The second kappa shape index (κ2) is 3.36. The van der Waals surface area contributed by atoms with Gasteiger partial charge in [-0.1, -0.05) is 11.6 Å². The van der Waals surface area contributed by atoms with E-state index in [-0.39, 0.29) is 16.9 Å². The highest BCUT2D eigenvalue weighted by molar-refractivity contribution is 6.41. The lowest BCUT2D eigenvalue weighted by Crippen LogP contribution is -2.01. The van der Waals surface area contributed by atoms with Gasteiger partial charge in [-0.25, -0.2) is 0 Å². The van der Waals surface area contributed by atoms with Crippen molar-refractivity contribution in [2.24, 2.45) is 0 Å². The highest BCUT2D eigenvalue weighted by atomic mass is 35.5. The maximum absolute atomic E-state index is 10.9. The smallest absolute Gasteiger partial charge is 0.226 e. The van der Waals surface area contributed by atoms with Crippen LogP contribution in [0.4, 0.5) is 5.69 Å². The lowest BCUT2D eigenvalue weighted by atomic mass is 10.1. The van der Waals surface area contributed by atoms with Gasteiger partial charge in [-0.3, -0.25) is 9.59 Å². The summed E-state index contributed by atoms with van der Waals surface area (Å²) in [6.07, 6.45) is 0.220. The third-order valence-corrected chi connectivity index (χ3v) is 1.68. The third-order valence-electron chi connectivity index (χ3n) is 1.37. The van der Waals surface area contributed by atoms with Gasteiger partial charge in [-0.15, -0.1) is 0 Å². The minimum atomic E-state index is -0.639. The van der Waals surface area contributed by atoms with Crippen molar-refractivity contribution >= 4 is 29.4 Å². The minimum absolute atomic E-state index is 0.181. The highest BCUT2D eigenvalue weighted by Crippen LogP contribution is 2.18. The van der Waals surface area contributed by atoms with Crippen LogP contribution in [0.3, 0.4) is 0 Å². The number of carbonyl (C=O) groups excluding carboxylic acids is 2. The molecule has 2 N–H and O–H groups in total. The van der Waals surface area contributed by atoms with Crippen LogP contribution >= 0.6 is 11.6 Å². The van der Waals surface area contributed by atoms with Crippen LogP contribution in [0.5, 0.6) is 0 Å². The fourth-order valence-corrected chi connectivity index (χ4v) is 1.08. The summed E-state index contributed by atoms with van der Waals surface area (Å²) in [5.74, 6) is -0.639. The summed E-state index contributed by atoms with van der Waals surface area (Å²) in [7, 11) is 0. The lowest BCUT2D eigenvalue weighted by Gasteiger charge is -1.98. The molecule has 1 rings (SSSR count). The molecule has 0 aliphatic carbocycles. The van der Waals surface area contributed by atoms with E-state index in [1.54, 1.807) is 0 Å². The van der Waals surface area contributed by atoms with Crippen molar-refractivity contribution in [3.05, 3.63) is 28.8 Å². The summed E-state index contributed by atoms with van der Waals surface area (Å²) in [5, 5.41) is 0.201. The van der Waals surface area contributed by atoms with Crippen LogP contribution in [-0.4, -0.2) is 12.1 Å². The first-order valence-corrected chi connectivity index (χ1v) is 3.57. The van der Waals surface area contributed by atoms with Crippen LogP contribution in [0, 0.1) is 0 Å². The Morgan fingerprint density at radius 1 is 1.50 bits per heavy atom. The standard InChI is InChI=1S/C8H6ClNO2/c9-7-3-5(10)1-2-6(7)8(12)4-11/h1-4H,10H2. The van der Waals surface area contributed by atoms with Crippen LogP contribution in [0.25, 0.3) is 0 Å². The summed E-state index contributed by atoms with van der Waals surface area (Å²) in [6.45, 7) is 0. The number of Topliss-reactive ketones (excluding diaryl/α,β-unsaturated/α-hetero) is 1. The average molecular weight is 184 g/mol. The topological polar surface area (TPSA) is 60.2 Å². The molecule has 0 fully saturated rings. The van der Waals surface area contributed by atoms with Gasteiger partial charge in [0.1, 0.15) is 0 Å². The van der Waals surface area contributed by atoms with Crippen molar-refractivity contribution in [1.82, 2.24) is 0 Å². The molecule has 0 saturated carbocycles. The summed E-state index contributed by atoms with van der Waals surface area (Å²) >= 11 is 5.64. The molecule has 0 aliphatic rings. The predicted molar refractivity (Wildman–Crippen MR) is 46.3 cm³/mol. The Balaban J connectivity index is 3.18. The zero-order valence-corrected chi connectivity index (χ0v) is 6.84. The molecule has 0 radical (unpaired) electrons. The summed E-state index contributed by atoms with van der Waals surface area (Å²) < 4.78 is 0. The fraction of sp³-hybridized carbons (Fsp3) is 0. The van der Waals surface area contributed by atoms with E-state index >= 15 is 0 Å². The quantitative estimate of drug-likeness (QED) is 0.326. The molecule has 0 aliphatic heterocycles. The number of hydrogen-bond donors (Lipinski definition) is 1. The molecule has 0 saturated heterocycles. The van der Waals surface area contributed by atoms with Crippen molar-refractivity contribution in [3.8, 4) is 0 Å². The van der Waals surface area contributed by atoms with E-state index < -0.39 is 5.78 Å². The van der Waals surface area contributed by atoms with E-state index in [0.717, 1.165) is 0 Å². The van der Waals surface area contributed by atoms with Gasteiger partial charge in [-0.2, -0.15) is 0 Å². The number of aldehydes is 1. The molecular formula is C8H6ClNO2. The summed E-state index contributed by atoms with van der Waals surface area (Å²) in [4.78, 5) is 21.0. The number of rotatable bonds is 2. The van der Waals surface area contributed by atoms with Crippen LogP contribution in [0.1, 0.15) is 10.4 Å². The van der Waals surface area contributed by atoms with E-state index in [4.69, 9.17) is 17.3 Å². The molecule has 1 aromatic rings. The zero-order valence-electron chi connectivity index (χ0n) is 6.08. The zero-order chi connectivity index (χ0) is 9.14. The van der Waals surface area contributed by atoms with Crippen LogP contribution in [-0.2, 0) is 4.79 Å². The van der Waals surface area contributed by atoms with Gasteiger partial charge in [0.05, 0.1) is 5.02 Å². The Labute approximate surface area is 74.1 Å². The van der Waals surface area contributed by atoms with Crippen LogP contribution < -0.4 is 5.73 Å². The SMILES string of the molecule is Nc1ccc(C(=O)C=O)c(Cl)c1. The molecular weight excluding hydrogens is 178 g/mol. The Morgan fingerprint density at radius 3 is 2.67 bits per heavy atom. The van der Waals surface area contributed by atoms with E-state index in [9.17, 15) is 9.59 Å². The second-order valence-electron chi connectivity index (χ2n) is 2.22. The number of carbonyl (C=O) groups is 2. The highest BCUT2D eigenvalue weighted by Gasteiger charge is 2.08. The number of nitrogens with two attached hydrogens (primary N) is 1. The number of nitrogen functional groups attached to an aromatic ring is 1. The van der Waals surface area contributed by atoms with Crippen molar-refractivity contribution in [2.45, 2.75) is 0 Å². The molecule has 0 aromatic heterocycles. The first kappa shape index (κ1) is 8.74. The monoisotopic (exact) mass is 183 g/mol. The first-order valence-electron chi connectivity index (χ1n) is 3.19. The normalized spacial score (nSPS) is 9.42. The molecule has 0 spiro atoms. The van der Waals surface area contributed by atoms with Gasteiger partial charge in [0, 0.05) is 11.3 Å². The maximum atomic E-state index is 10.9. The molecule has 0 unspecified atom stereocenters. The number of ketones is 1. The summed E-state index contributed by atoms with van der Waals surface area (Å²) in [5.41, 5.74) is 6.03. The van der Waals surface area contributed by atoms with Crippen LogP contribution in [0.15, 0.2) is 18.2 Å². The molecule has 3 nitrogen and oxygen atoms in total. The first-order chi connectivity index (χ1) is 5.65. The maximum Gasteiger partial charge on any atom is 0.226 e. The Hall–Kier alpha value is -1.35. The number of hydrogen-bond acceptors (Lipinski definition) is 3. The Morgan fingerprint density at radius 2 is 2.17 bits per heavy atom. The predicted octanol–water partition coefficient (Wildman–Crippen LogP) is 1.30. The van der Waals surface area contributed by atoms with Gasteiger partial charge in [0.2, 0.25) is 5.78 Å². The molecule has 1 aromatic carbocycles. The van der Waals surface area contributed by atoms with Crippen LogP contribution in [0.2, 0.25) is 5.02 Å². The lowest BCUT2D eigenvalue weighted by molar-refractivity contribution is -0.104. The van der Waals surface area contributed by atoms with Crippen molar-refractivity contribution < 1.29 is 9.59 Å². The average Bonchev–Trinajstić information content (AvgIpc) is 2.03. The van der Waals surface area contributed by atoms with E-state index in [1.807, 2.05) is 0 Å². The van der Waals surface area contributed by atoms with E-state index in [1.165, 1.54) is 18.2 Å². The minimum Gasteiger partial charge on any atom is -0.399 e. The third kappa shape index (κ3) is 1.62. The van der Waals surface area contributed by atoms with Gasteiger partial charge in [0.15, 0.2) is 6.29 Å². The number of halogens is 1. The molecule has 62 valence electrons. The fourth-order valence-electron chi connectivity index (χ4n) is 0.795. The number of anilines is 1.